The van der Waals surface area contributed by atoms with Crippen molar-refractivity contribution in [2.75, 3.05) is 12.3 Å². The number of hydrogen-bond acceptors (Lipinski definition) is 6. The van der Waals surface area contributed by atoms with Crippen molar-refractivity contribution in [3.63, 3.8) is 0 Å². The lowest BCUT2D eigenvalue weighted by atomic mass is 10.2. The maximum Gasteiger partial charge on any atom is 0.201 e. The fourth-order valence-electron chi connectivity index (χ4n) is 1.79. The van der Waals surface area contributed by atoms with Crippen LogP contribution >= 0.6 is 0 Å². The Morgan fingerprint density at radius 3 is 3.00 bits per heavy atom. The van der Waals surface area contributed by atoms with E-state index in [9.17, 15) is 5.11 Å². The van der Waals surface area contributed by atoms with Gasteiger partial charge in [-0.15, -0.1) is 0 Å². The Hall–Kier alpha value is -1.89. The van der Waals surface area contributed by atoms with Crippen molar-refractivity contribution < 1.29 is 9.94 Å². The molecule has 1 atom stereocenters. The van der Waals surface area contributed by atoms with Crippen LogP contribution in [0.4, 0.5) is 5.82 Å². The van der Waals surface area contributed by atoms with E-state index in [2.05, 4.69) is 15.0 Å². The molecule has 0 spiro atoms. The topological polar surface area (TPSA) is 99.1 Å². The van der Waals surface area contributed by atoms with Crippen LogP contribution in [0.25, 0.3) is 11.2 Å². The number of hydrogen-bond donors (Lipinski definition) is 2. The molecule has 0 aromatic carbocycles. The highest BCUT2D eigenvalue weighted by Gasteiger charge is 2.33. The van der Waals surface area contributed by atoms with E-state index in [0.29, 0.717) is 22.9 Å². The molecule has 7 heteroatoms. The molecule has 0 radical (unpaired) electrons. The first-order valence-corrected chi connectivity index (χ1v) is 5.51. The van der Waals surface area contributed by atoms with Gasteiger partial charge in [-0.3, -0.25) is 0 Å². The minimum atomic E-state index is -0.205. The van der Waals surface area contributed by atoms with Crippen LogP contribution in [0.3, 0.4) is 0 Å². The van der Waals surface area contributed by atoms with E-state index >= 15 is 0 Å². The van der Waals surface area contributed by atoms with Gasteiger partial charge in [0.25, 0.3) is 0 Å². The lowest BCUT2D eigenvalue weighted by Crippen LogP contribution is -2.30. The molecule has 0 bridgehead atoms. The molecule has 0 aliphatic heterocycles. The van der Waals surface area contributed by atoms with Gasteiger partial charge in [0.2, 0.25) is 5.65 Å². The minimum Gasteiger partial charge on any atom is -0.405 e. The molecular formula is C10H13N5O2. The van der Waals surface area contributed by atoms with Crippen LogP contribution in [-0.4, -0.2) is 37.5 Å². The summed E-state index contributed by atoms with van der Waals surface area (Å²) in [6, 6.07) is 0. The lowest BCUT2D eigenvalue weighted by Gasteiger charge is -2.15. The summed E-state index contributed by atoms with van der Waals surface area (Å²) in [5.41, 5.74) is 6.71. The maximum absolute atomic E-state index is 9.25. The first-order chi connectivity index (χ1) is 8.29. The Bertz CT molecular complexity index is 536. The summed E-state index contributed by atoms with van der Waals surface area (Å²) in [6.07, 6.45) is 4.85. The highest BCUT2D eigenvalue weighted by atomic mass is 16.7. The fourth-order valence-corrected chi connectivity index (χ4v) is 1.79. The number of imidazole rings is 1. The molecule has 2 aromatic rings. The van der Waals surface area contributed by atoms with Gasteiger partial charge in [0.1, 0.15) is 12.7 Å². The number of nitrogen functional groups attached to an aromatic ring is 1. The second kappa shape index (κ2) is 3.85. The molecule has 1 saturated carbocycles. The number of rotatable bonds is 4. The molecule has 2 heterocycles. The second-order valence-electron chi connectivity index (χ2n) is 4.17. The van der Waals surface area contributed by atoms with E-state index in [1.54, 1.807) is 0 Å². The zero-order chi connectivity index (χ0) is 11.8. The maximum atomic E-state index is 9.25. The number of anilines is 1. The standard InChI is InChI=1S/C10H13N5O2/c11-9-8-10(13-4-12-9)15(5-14-8)17-7(3-16)6-1-2-6/h4-7,16H,1-3H2,(H2,11,12,13)/t7-/m0/s1. The summed E-state index contributed by atoms with van der Waals surface area (Å²) in [4.78, 5) is 17.7. The van der Waals surface area contributed by atoms with Gasteiger partial charge in [0, 0.05) is 5.92 Å². The third-order valence-corrected chi connectivity index (χ3v) is 2.91. The average molecular weight is 235 g/mol. The molecular weight excluding hydrogens is 222 g/mol. The van der Waals surface area contributed by atoms with Gasteiger partial charge in [-0.2, -0.15) is 4.73 Å². The van der Waals surface area contributed by atoms with Crippen LogP contribution in [0.1, 0.15) is 12.8 Å². The van der Waals surface area contributed by atoms with Crippen molar-refractivity contribution in [3.8, 4) is 0 Å². The molecule has 1 aliphatic rings. The largest absolute Gasteiger partial charge is 0.405 e. The summed E-state index contributed by atoms with van der Waals surface area (Å²) in [7, 11) is 0. The van der Waals surface area contributed by atoms with E-state index < -0.39 is 0 Å². The number of aliphatic hydroxyl groups is 1. The molecule has 3 rings (SSSR count). The molecule has 2 aromatic heterocycles. The quantitative estimate of drug-likeness (QED) is 0.748. The predicted molar refractivity (Wildman–Crippen MR) is 59.9 cm³/mol. The highest BCUT2D eigenvalue weighted by molar-refractivity contribution is 5.80. The summed E-state index contributed by atoms with van der Waals surface area (Å²) >= 11 is 0. The van der Waals surface area contributed by atoms with E-state index in [-0.39, 0.29) is 12.7 Å². The van der Waals surface area contributed by atoms with E-state index in [4.69, 9.17) is 10.6 Å². The number of nitrogens with two attached hydrogens (primary N) is 1. The molecule has 90 valence electrons. The van der Waals surface area contributed by atoms with Crippen molar-refractivity contribution in [3.05, 3.63) is 12.7 Å². The first kappa shape index (κ1) is 10.3. The Kier molecular flexibility index (Phi) is 2.32. The van der Waals surface area contributed by atoms with Gasteiger partial charge in [-0.1, -0.05) is 0 Å². The third-order valence-electron chi connectivity index (χ3n) is 2.91. The molecule has 0 saturated heterocycles. The van der Waals surface area contributed by atoms with Crippen molar-refractivity contribution in [1.82, 2.24) is 19.7 Å². The van der Waals surface area contributed by atoms with Crippen molar-refractivity contribution in [2.45, 2.75) is 18.9 Å². The van der Waals surface area contributed by atoms with E-state index in [1.165, 1.54) is 17.4 Å². The van der Waals surface area contributed by atoms with Crippen LogP contribution in [0.5, 0.6) is 0 Å². The normalized spacial score (nSPS) is 17.2. The van der Waals surface area contributed by atoms with Gasteiger partial charge in [-0.05, 0) is 12.8 Å². The summed E-state index contributed by atoms with van der Waals surface area (Å²) < 4.78 is 1.45. The summed E-state index contributed by atoms with van der Waals surface area (Å²) in [5.74, 6) is 0.751. The van der Waals surface area contributed by atoms with Crippen molar-refractivity contribution >= 4 is 17.0 Å². The van der Waals surface area contributed by atoms with Crippen molar-refractivity contribution in [2.24, 2.45) is 5.92 Å². The molecule has 17 heavy (non-hydrogen) atoms. The predicted octanol–water partition coefficient (Wildman–Crippen LogP) is -0.392. The Morgan fingerprint density at radius 2 is 2.29 bits per heavy atom. The zero-order valence-electron chi connectivity index (χ0n) is 9.15. The van der Waals surface area contributed by atoms with Crippen LogP contribution in [0.2, 0.25) is 0 Å². The van der Waals surface area contributed by atoms with E-state index in [0.717, 1.165) is 12.8 Å². The summed E-state index contributed by atoms with van der Waals surface area (Å²) in [6.45, 7) is -0.00902. The molecule has 0 unspecified atom stereocenters. The second-order valence-corrected chi connectivity index (χ2v) is 4.17. The van der Waals surface area contributed by atoms with Crippen LogP contribution < -0.4 is 10.6 Å². The monoisotopic (exact) mass is 235 g/mol. The van der Waals surface area contributed by atoms with Gasteiger partial charge in [-0.25, -0.2) is 15.0 Å². The summed E-state index contributed by atoms with van der Waals surface area (Å²) in [5, 5.41) is 9.25. The molecule has 1 aliphatic carbocycles. The van der Waals surface area contributed by atoms with Crippen molar-refractivity contribution in [1.29, 1.82) is 0 Å². The number of fused-ring (bicyclic) bond motifs is 1. The molecule has 0 amide bonds. The molecule has 3 N–H and O–H groups in total. The average Bonchev–Trinajstić information content (AvgIpc) is 3.09. The van der Waals surface area contributed by atoms with Crippen LogP contribution in [0.15, 0.2) is 12.7 Å². The van der Waals surface area contributed by atoms with Crippen LogP contribution in [-0.2, 0) is 0 Å². The smallest absolute Gasteiger partial charge is 0.201 e. The number of nitrogens with zero attached hydrogens (tertiary/aromatic N) is 4. The molecule has 7 nitrogen and oxygen atoms in total. The first-order valence-electron chi connectivity index (χ1n) is 5.51. The molecule has 1 fully saturated rings. The van der Waals surface area contributed by atoms with Gasteiger partial charge in [0.15, 0.2) is 17.4 Å². The number of aromatic nitrogens is 4. The lowest BCUT2D eigenvalue weighted by molar-refractivity contribution is -0.00632. The SMILES string of the molecule is Nc1ncnc2c1ncn2O[C@@H](CO)C1CC1. The Balaban J connectivity index is 1.92. The Morgan fingerprint density at radius 1 is 1.47 bits per heavy atom. The number of aliphatic hydroxyl groups excluding tert-OH is 1. The zero-order valence-corrected chi connectivity index (χ0v) is 9.15. The minimum absolute atomic E-state index is 0.00902. The Labute approximate surface area is 97.2 Å². The third kappa shape index (κ3) is 1.78. The van der Waals surface area contributed by atoms with Gasteiger partial charge in [0.05, 0.1) is 6.61 Å². The van der Waals surface area contributed by atoms with E-state index in [1.807, 2.05) is 0 Å². The highest BCUT2D eigenvalue weighted by Crippen LogP contribution is 2.33. The van der Waals surface area contributed by atoms with Gasteiger partial charge < -0.3 is 15.7 Å². The van der Waals surface area contributed by atoms with Crippen LogP contribution in [0, 0.1) is 5.92 Å². The fraction of sp³-hybridized carbons (Fsp3) is 0.500. The van der Waals surface area contributed by atoms with Gasteiger partial charge >= 0.3 is 0 Å².